The van der Waals surface area contributed by atoms with Crippen molar-refractivity contribution in [1.29, 1.82) is 0 Å². The summed E-state index contributed by atoms with van der Waals surface area (Å²) in [7, 11) is 0. The third-order valence-corrected chi connectivity index (χ3v) is 3.56. The standard InChI is InChI=1S/C16H20N2O4/c1-16(2,15(20)21)9-10-17-13(19)7-8-14-18-11-5-3-4-6-12(11)22-14/h3-6H,7-10H2,1-2H3,(H,17,19)(H,20,21). The van der Waals surface area contributed by atoms with E-state index in [1.165, 1.54) is 0 Å². The van der Waals surface area contributed by atoms with Crippen molar-refractivity contribution < 1.29 is 19.1 Å². The molecule has 1 amide bonds. The predicted molar refractivity (Wildman–Crippen MR) is 81.4 cm³/mol. The van der Waals surface area contributed by atoms with Crippen molar-refractivity contribution in [2.45, 2.75) is 33.1 Å². The van der Waals surface area contributed by atoms with Gasteiger partial charge in [-0.15, -0.1) is 0 Å². The second kappa shape index (κ2) is 6.60. The highest BCUT2D eigenvalue weighted by Gasteiger charge is 2.26. The maximum absolute atomic E-state index is 11.8. The molecule has 0 bridgehead atoms. The number of amides is 1. The Bertz CT molecular complexity index is 643. The average Bonchev–Trinajstić information content (AvgIpc) is 2.87. The highest BCUT2D eigenvalue weighted by Crippen LogP contribution is 2.19. The minimum Gasteiger partial charge on any atom is -0.481 e. The van der Waals surface area contributed by atoms with E-state index in [1.54, 1.807) is 13.8 Å². The van der Waals surface area contributed by atoms with E-state index in [0.717, 1.165) is 5.52 Å². The van der Waals surface area contributed by atoms with Crippen LogP contribution in [0, 0.1) is 5.41 Å². The van der Waals surface area contributed by atoms with Gasteiger partial charge >= 0.3 is 5.97 Å². The Kier molecular flexibility index (Phi) is 4.80. The number of aliphatic carboxylic acids is 1. The second-order valence-electron chi connectivity index (χ2n) is 5.86. The van der Waals surface area contributed by atoms with Crippen LogP contribution in [-0.2, 0) is 16.0 Å². The van der Waals surface area contributed by atoms with Crippen molar-refractivity contribution in [3.8, 4) is 0 Å². The molecule has 2 N–H and O–H groups in total. The van der Waals surface area contributed by atoms with Gasteiger partial charge in [-0.05, 0) is 32.4 Å². The predicted octanol–water partition coefficient (Wildman–Crippen LogP) is 2.38. The maximum atomic E-state index is 11.8. The van der Waals surface area contributed by atoms with E-state index in [-0.39, 0.29) is 12.3 Å². The molecule has 1 aromatic carbocycles. The molecule has 0 atom stereocenters. The highest BCUT2D eigenvalue weighted by atomic mass is 16.4. The molecule has 0 unspecified atom stereocenters. The summed E-state index contributed by atoms with van der Waals surface area (Å²) >= 11 is 0. The first-order valence-electron chi connectivity index (χ1n) is 7.23. The van der Waals surface area contributed by atoms with Gasteiger partial charge in [0.15, 0.2) is 11.5 Å². The minimum atomic E-state index is -0.867. The molecule has 22 heavy (non-hydrogen) atoms. The van der Waals surface area contributed by atoms with E-state index in [0.29, 0.717) is 30.9 Å². The monoisotopic (exact) mass is 304 g/mol. The van der Waals surface area contributed by atoms with E-state index in [1.807, 2.05) is 24.3 Å². The van der Waals surface area contributed by atoms with Gasteiger partial charge in [-0.1, -0.05) is 12.1 Å². The summed E-state index contributed by atoms with van der Waals surface area (Å²) in [6.45, 7) is 3.62. The number of nitrogens with one attached hydrogen (secondary N) is 1. The molecule has 2 aromatic rings. The zero-order chi connectivity index (χ0) is 16.2. The van der Waals surface area contributed by atoms with Crippen LogP contribution in [0.2, 0.25) is 0 Å². The van der Waals surface area contributed by atoms with E-state index in [9.17, 15) is 9.59 Å². The van der Waals surface area contributed by atoms with Crippen LogP contribution >= 0.6 is 0 Å². The van der Waals surface area contributed by atoms with Gasteiger partial charge in [0.2, 0.25) is 5.91 Å². The van der Waals surface area contributed by atoms with Gasteiger partial charge in [-0.3, -0.25) is 9.59 Å². The number of oxazole rings is 1. The van der Waals surface area contributed by atoms with E-state index in [4.69, 9.17) is 9.52 Å². The zero-order valence-electron chi connectivity index (χ0n) is 12.8. The number of nitrogens with zero attached hydrogens (tertiary/aromatic N) is 1. The smallest absolute Gasteiger partial charge is 0.309 e. The topological polar surface area (TPSA) is 92.4 Å². The number of carbonyl (C=O) groups is 2. The molecule has 0 saturated carbocycles. The molecule has 1 aromatic heterocycles. The lowest BCUT2D eigenvalue weighted by atomic mass is 9.90. The highest BCUT2D eigenvalue weighted by molar-refractivity contribution is 5.77. The van der Waals surface area contributed by atoms with Crippen LogP contribution in [0.4, 0.5) is 0 Å². The van der Waals surface area contributed by atoms with Crippen LogP contribution in [0.1, 0.15) is 32.6 Å². The summed E-state index contributed by atoms with van der Waals surface area (Å²) in [6, 6.07) is 7.44. The number of carboxylic acid groups (broad SMARTS) is 1. The van der Waals surface area contributed by atoms with Crippen molar-refractivity contribution in [3.63, 3.8) is 0 Å². The first-order chi connectivity index (χ1) is 10.4. The summed E-state index contributed by atoms with van der Waals surface area (Å²) in [5.41, 5.74) is 0.648. The molecular weight excluding hydrogens is 284 g/mol. The fraction of sp³-hybridized carbons (Fsp3) is 0.438. The van der Waals surface area contributed by atoms with Crippen LogP contribution in [0.3, 0.4) is 0 Å². The van der Waals surface area contributed by atoms with E-state index < -0.39 is 11.4 Å². The second-order valence-corrected chi connectivity index (χ2v) is 5.86. The summed E-state index contributed by atoms with van der Waals surface area (Å²) in [5, 5.41) is 11.7. The molecule has 0 fully saturated rings. The first kappa shape index (κ1) is 16.0. The van der Waals surface area contributed by atoms with Crippen LogP contribution in [0.5, 0.6) is 0 Å². The lowest BCUT2D eigenvalue weighted by molar-refractivity contribution is -0.147. The van der Waals surface area contributed by atoms with Gasteiger partial charge in [0.05, 0.1) is 5.41 Å². The van der Waals surface area contributed by atoms with Gasteiger partial charge in [-0.25, -0.2) is 4.98 Å². The summed E-state index contributed by atoms with van der Waals surface area (Å²) in [6.07, 6.45) is 1.07. The Balaban J connectivity index is 1.77. The van der Waals surface area contributed by atoms with Crippen molar-refractivity contribution in [2.24, 2.45) is 5.41 Å². The number of aryl methyl sites for hydroxylation is 1. The maximum Gasteiger partial charge on any atom is 0.309 e. The quantitative estimate of drug-likeness (QED) is 0.819. The fourth-order valence-corrected chi connectivity index (χ4v) is 1.96. The summed E-state index contributed by atoms with van der Waals surface area (Å²) in [4.78, 5) is 27.0. The van der Waals surface area contributed by atoms with Gasteiger partial charge in [0, 0.05) is 19.4 Å². The number of carboxylic acids is 1. The lowest BCUT2D eigenvalue weighted by Gasteiger charge is -2.18. The molecule has 6 heteroatoms. The molecular formula is C16H20N2O4. The number of hydrogen-bond donors (Lipinski definition) is 2. The Morgan fingerprint density at radius 2 is 2.05 bits per heavy atom. The lowest BCUT2D eigenvalue weighted by Crippen LogP contribution is -2.32. The third kappa shape index (κ3) is 4.07. The number of benzene rings is 1. The van der Waals surface area contributed by atoms with Gasteiger partial charge in [-0.2, -0.15) is 0 Å². The van der Waals surface area contributed by atoms with Gasteiger partial charge in [0.1, 0.15) is 5.52 Å². The molecule has 0 saturated heterocycles. The number of aromatic nitrogens is 1. The zero-order valence-corrected chi connectivity index (χ0v) is 12.8. The van der Waals surface area contributed by atoms with E-state index >= 15 is 0 Å². The number of hydrogen-bond acceptors (Lipinski definition) is 4. The average molecular weight is 304 g/mol. The molecule has 6 nitrogen and oxygen atoms in total. The fourth-order valence-electron chi connectivity index (χ4n) is 1.96. The largest absolute Gasteiger partial charge is 0.481 e. The molecule has 0 aliphatic rings. The molecule has 118 valence electrons. The summed E-state index contributed by atoms with van der Waals surface area (Å²) < 4.78 is 5.54. The molecule has 0 spiro atoms. The number of fused-ring (bicyclic) bond motifs is 1. The van der Waals surface area contributed by atoms with Crippen molar-refractivity contribution in [1.82, 2.24) is 10.3 Å². The first-order valence-corrected chi connectivity index (χ1v) is 7.23. The van der Waals surface area contributed by atoms with Gasteiger partial charge < -0.3 is 14.8 Å². The Hall–Kier alpha value is -2.37. The van der Waals surface area contributed by atoms with Crippen LogP contribution in [-0.4, -0.2) is 28.5 Å². The number of rotatable bonds is 7. The SMILES string of the molecule is CC(C)(CCNC(=O)CCc1nc2ccccc2o1)C(=O)O. The van der Waals surface area contributed by atoms with Crippen LogP contribution in [0.15, 0.2) is 28.7 Å². The molecule has 1 heterocycles. The Labute approximate surface area is 128 Å². The molecule has 2 rings (SSSR count). The van der Waals surface area contributed by atoms with Crippen molar-refractivity contribution in [2.75, 3.05) is 6.54 Å². The van der Waals surface area contributed by atoms with Crippen LogP contribution in [0.25, 0.3) is 11.1 Å². The number of para-hydroxylation sites is 2. The Morgan fingerprint density at radius 1 is 1.32 bits per heavy atom. The number of carbonyl (C=O) groups excluding carboxylic acids is 1. The third-order valence-electron chi connectivity index (χ3n) is 3.56. The minimum absolute atomic E-state index is 0.136. The van der Waals surface area contributed by atoms with E-state index in [2.05, 4.69) is 10.3 Å². The summed E-state index contributed by atoms with van der Waals surface area (Å²) in [5.74, 6) is -0.473. The van der Waals surface area contributed by atoms with Crippen LogP contribution < -0.4 is 5.32 Å². The van der Waals surface area contributed by atoms with Gasteiger partial charge in [0.25, 0.3) is 0 Å². The molecule has 0 radical (unpaired) electrons. The van der Waals surface area contributed by atoms with Crippen molar-refractivity contribution >= 4 is 23.0 Å². The van der Waals surface area contributed by atoms with Crippen molar-refractivity contribution in [3.05, 3.63) is 30.2 Å². The Morgan fingerprint density at radius 3 is 2.73 bits per heavy atom. The molecule has 0 aliphatic carbocycles. The molecule has 0 aliphatic heterocycles. The normalized spacial score (nSPS) is 11.5.